The Kier molecular flexibility index (Phi) is 8.31. The Balaban J connectivity index is 4.00. The number of carbonyl (C=O) groups is 2. The molecule has 0 saturated heterocycles. The van der Waals surface area contributed by atoms with Gasteiger partial charge in [-0.3, -0.25) is 4.79 Å². The molecule has 0 radical (unpaired) electrons. The average molecular weight is 283 g/mol. The van der Waals surface area contributed by atoms with Gasteiger partial charge < -0.3 is 14.2 Å². The molecule has 0 rings (SSSR count). The second kappa shape index (κ2) is 8.67. The minimum atomic E-state index is -0.702. The number of alkyl halides is 1. The molecule has 1 unspecified atom stereocenters. The minimum absolute atomic E-state index is 0.137. The molecule has 0 aromatic carbocycles. The molecule has 88 valence electrons. The van der Waals surface area contributed by atoms with Gasteiger partial charge in [-0.15, -0.1) is 0 Å². The van der Waals surface area contributed by atoms with Crippen molar-refractivity contribution >= 4 is 27.9 Å². The van der Waals surface area contributed by atoms with Crippen molar-refractivity contribution in [3.05, 3.63) is 0 Å². The lowest BCUT2D eigenvalue weighted by molar-refractivity contribution is -0.155. The Morgan fingerprint density at radius 1 is 1.27 bits per heavy atom. The number of carbonyl (C=O) groups excluding carboxylic acids is 2. The van der Waals surface area contributed by atoms with E-state index in [4.69, 9.17) is 4.74 Å². The summed E-state index contributed by atoms with van der Waals surface area (Å²) in [5.74, 6) is -0.841. The maximum atomic E-state index is 11.2. The monoisotopic (exact) mass is 282 g/mol. The molecule has 0 fully saturated rings. The molecule has 0 aliphatic rings. The van der Waals surface area contributed by atoms with Crippen molar-refractivity contribution in [3.63, 3.8) is 0 Å². The van der Waals surface area contributed by atoms with Crippen LogP contribution in [0.3, 0.4) is 0 Å². The highest BCUT2D eigenvalue weighted by Gasteiger charge is 2.20. The third-order valence-corrected chi connectivity index (χ3v) is 2.02. The zero-order valence-electron chi connectivity index (χ0n) is 8.82. The van der Waals surface area contributed by atoms with Crippen LogP contribution in [-0.4, -0.2) is 44.2 Å². The minimum Gasteiger partial charge on any atom is -0.469 e. The fourth-order valence-corrected chi connectivity index (χ4v) is 1.13. The van der Waals surface area contributed by atoms with Gasteiger partial charge in [0.2, 0.25) is 0 Å². The molecular formula is C9H15BrO5. The van der Waals surface area contributed by atoms with E-state index in [9.17, 15) is 9.59 Å². The Morgan fingerprint density at radius 2 is 1.93 bits per heavy atom. The number of esters is 2. The number of ether oxygens (including phenoxy) is 3. The largest absolute Gasteiger partial charge is 0.469 e. The molecule has 0 N–H and O–H groups in total. The van der Waals surface area contributed by atoms with Crippen molar-refractivity contribution in [2.45, 2.75) is 18.9 Å². The highest BCUT2D eigenvalue weighted by molar-refractivity contribution is 9.09. The Bertz CT molecular complexity index is 207. The molecule has 0 aliphatic carbocycles. The summed E-state index contributed by atoms with van der Waals surface area (Å²) in [4.78, 5) is 22.1. The third kappa shape index (κ3) is 6.46. The van der Waals surface area contributed by atoms with Crippen LogP contribution in [0.5, 0.6) is 0 Å². The van der Waals surface area contributed by atoms with Crippen LogP contribution in [0.1, 0.15) is 12.8 Å². The fraction of sp³-hybridized carbons (Fsp3) is 0.778. The quantitative estimate of drug-likeness (QED) is 0.513. The first-order chi connectivity index (χ1) is 7.15. The van der Waals surface area contributed by atoms with Crippen molar-refractivity contribution in [1.82, 2.24) is 0 Å². The van der Waals surface area contributed by atoms with Crippen molar-refractivity contribution in [1.29, 1.82) is 0 Å². The van der Waals surface area contributed by atoms with Crippen LogP contribution in [0.2, 0.25) is 0 Å². The molecule has 0 aromatic rings. The molecule has 0 amide bonds. The topological polar surface area (TPSA) is 61.8 Å². The summed E-state index contributed by atoms with van der Waals surface area (Å²) in [5, 5.41) is 0.624. The Morgan fingerprint density at radius 3 is 2.40 bits per heavy atom. The number of methoxy groups -OCH3 is 2. The summed E-state index contributed by atoms with van der Waals surface area (Å²) in [6.45, 7) is 0.390. The van der Waals surface area contributed by atoms with Crippen LogP contribution < -0.4 is 0 Å². The highest BCUT2D eigenvalue weighted by atomic mass is 79.9. The van der Waals surface area contributed by atoms with Crippen molar-refractivity contribution in [2.24, 2.45) is 0 Å². The molecule has 0 aliphatic heterocycles. The SMILES string of the molecule is COC(=O)CCC(OCCBr)C(=O)OC. The summed E-state index contributed by atoms with van der Waals surface area (Å²) in [6.07, 6.45) is -0.295. The lowest BCUT2D eigenvalue weighted by Gasteiger charge is -2.13. The molecule has 6 heteroatoms. The van der Waals surface area contributed by atoms with E-state index in [1.54, 1.807) is 0 Å². The molecule has 15 heavy (non-hydrogen) atoms. The molecule has 1 atom stereocenters. The van der Waals surface area contributed by atoms with Crippen LogP contribution in [0.15, 0.2) is 0 Å². The molecule has 0 aromatic heterocycles. The van der Waals surface area contributed by atoms with E-state index in [1.165, 1.54) is 14.2 Å². The molecule has 0 bridgehead atoms. The summed E-state index contributed by atoms with van der Waals surface area (Å²) in [7, 11) is 2.58. The predicted molar refractivity (Wildman–Crippen MR) is 56.8 cm³/mol. The van der Waals surface area contributed by atoms with Gasteiger partial charge in [-0.25, -0.2) is 4.79 Å². The van der Waals surface area contributed by atoms with E-state index in [1.807, 2.05) is 0 Å². The summed E-state index contributed by atoms with van der Waals surface area (Å²) < 4.78 is 14.2. The van der Waals surface area contributed by atoms with Crippen molar-refractivity contribution in [2.75, 3.05) is 26.2 Å². The maximum Gasteiger partial charge on any atom is 0.334 e. The van der Waals surface area contributed by atoms with E-state index in [2.05, 4.69) is 25.4 Å². The van der Waals surface area contributed by atoms with E-state index in [-0.39, 0.29) is 18.8 Å². The fourth-order valence-electron chi connectivity index (χ4n) is 0.938. The van der Waals surface area contributed by atoms with E-state index in [0.29, 0.717) is 11.9 Å². The van der Waals surface area contributed by atoms with Gasteiger partial charge in [0.15, 0.2) is 6.10 Å². The van der Waals surface area contributed by atoms with Gasteiger partial charge in [-0.1, -0.05) is 15.9 Å². The molecule has 0 heterocycles. The number of hydrogen-bond donors (Lipinski definition) is 0. The van der Waals surface area contributed by atoms with Gasteiger partial charge in [0.25, 0.3) is 0 Å². The predicted octanol–water partition coefficient (Wildman–Crippen LogP) is 0.893. The van der Waals surface area contributed by atoms with Crippen LogP contribution in [0.4, 0.5) is 0 Å². The van der Waals surface area contributed by atoms with E-state index >= 15 is 0 Å². The van der Waals surface area contributed by atoms with Crippen molar-refractivity contribution < 1.29 is 23.8 Å². The van der Waals surface area contributed by atoms with Gasteiger partial charge in [-0.05, 0) is 6.42 Å². The average Bonchev–Trinajstić information content (AvgIpc) is 2.27. The van der Waals surface area contributed by atoms with Crippen LogP contribution in [-0.2, 0) is 23.8 Å². The standard InChI is InChI=1S/C9H15BrO5/c1-13-8(11)4-3-7(9(12)14-2)15-6-5-10/h7H,3-6H2,1-2H3. The second-order valence-electron chi connectivity index (χ2n) is 2.69. The lowest BCUT2D eigenvalue weighted by atomic mass is 10.2. The van der Waals surface area contributed by atoms with Gasteiger partial charge in [0.05, 0.1) is 20.8 Å². The zero-order valence-corrected chi connectivity index (χ0v) is 10.4. The number of halogens is 1. The number of hydrogen-bond acceptors (Lipinski definition) is 5. The van der Waals surface area contributed by atoms with Crippen LogP contribution >= 0.6 is 15.9 Å². The summed E-state index contributed by atoms with van der Waals surface area (Å²) in [5.41, 5.74) is 0. The first-order valence-electron chi connectivity index (χ1n) is 4.48. The van der Waals surface area contributed by atoms with Gasteiger partial charge in [0, 0.05) is 11.8 Å². The van der Waals surface area contributed by atoms with Crippen LogP contribution in [0.25, 0.3) is 0 Å². The smallest absolute Gasteiger partial charge is 0.334 e. The summed E-state index contributed by atoms with van der Waals surface area (Å²) >= 11 is 3.17. The first kappa shape index (κ1) is 14.4. The normalized spacial score (nSPS) is 11.9. The van der Waals surface area contributed by atoms with Gasteiger partial charge in [-0.2, -0.15) is 0 Å². The molecule has 0 saturated carbocycles. The Hall–Kier alpha value is -0.620. The maximum absolute atomic E-state index is 11.2. The Labute approximate surface area is 97.2 Å². The van der Waals surface area contributed by atoms with Crippen LogP contribution in [0, 0.1) is 0 Å². The van der Waals surface area contributed by atoms with Crippen molar-refractivity contribution in [3.8, 4) is 0 Å². The number of rotatable bonds is 7. The van der Waals surface area contributed by atoms with Gasteiger partial charge in [0.1, 0.15) is 0 Å². The highest BCUT2D eigenvalue weighted by Crippen LogP contribution is 2.06. The zero-order chi connectivity index (χ0) is 11.7. The lowest BCUT2D eigenvalue weighted by Crippen LogP contribution is -2.27. The van der Waals surface area contributed by atoms with E-state index in [0.717, 1.165) is 0 Å². The molecule has 0 spiro atoms. The summed E-state index contributed by atoms with van der Waals surface area (Å²) in [6, 6.07) is 0. The molecule has 5 nitrogen and oxygen atoms in total. The second-order valence-corrected chi connectivity index (χ2v) is 3.48. The van der Waals surface area contributed by atoms with E-state index < -0.39 is 12.1 Å². The first-order valence-corrected chi connectivity index (χ1v) is 5.60. The van der Waals surface area contributed by atoms with Gasteiger partial charge >= 0.3 is 11.9 Å². The molecular weight excluding hydrogens is 268 g/mol. The third-order valence-electron chi connectivity index (χ3n) is 1.70.